The fourth-order valence-electron chi connectivity index (χ4n) is 4.05. The number of nitrogens with one attached hydrogen (secondary N) is 1. The van der Waals surface area contributed by atoms with E-state index in [1.54, 1.807) is 4.90 Å². The zero-order chi connectivity index (χ0) is 19.3. The number of hydrogen-bond acceptors (Lipinski definition) is 6. The molecule has 4 rings (SSSR count). The maximum absolute atomic E-state index is 12.1. The number of piperidine rings is 1. The Morgan fingerprint density at radius 2 is 2.11 bits per heavy atom. The Kier molecular flexibility index (Phi) is 4.29. The molecular formula is C18H26N4O5. The minimum Gasteiger partial charge on any atom is -0.444 e. The minimum atomic E-state index is -0.511. The number of fused-ring (bicyclic) bond motifs is 2. The van der Waals surface area contributed by atoms with Gasteiger partial charge in [-0.25, -0.2) is 14.7 Å². The molecule has 1 aromatic heterocycles. The van der Waals surface area contributed by atoms with Crippen molar-refractivity contribution in [2.45, 2.75) is 76.1 Å². The van der Waals surface area contributed by atoms with E-state index in [1.165, 1.54) is 0 Å². The zero-order valence-electron chi connectivity index (χ0n) is 15.8. The van der Waals surface area contributed by atoms with Gasteiger partial charge < -0.3 is 19.5 Å². The van der Waals surface area contributed by atoms with Crippen LogP contribution in [0.1, 0.15) is 69.9 Å². The van der Waals surface area contributed by atoms with Gasteiger partial charge >= 0.3 is 12.1 Å². The largest absolute Gasteiger partial charge is 0.444 e. The number of urea groups is 1. The lowest BCUT2D eigenvalue weighted by Crippen LogP contribution is -2.45. The van der Waals surface area contributed by atoms with Crippen LogP contribution in [0.2, 0.25) is 0 Å². The Balaban J connectivity index is 1.32. The van der Waals surface area contributed by atoms with Crippen LogP contribution in [0.5, 0.6) is 0 Å². The first kappa shape index (κ1) is 18.1. The molecule has 0 unspecified atom stereocenters. The number of aromatic nitrogens is 1. The van der Waals surface area contributed by atoms with Crippen molar-refractivity contribution in [1.29, 1.82) is 0 Å². The summed E-state index contributed by atoms with van der Waals surface area (Å²) in [6.07, 6.45) is 2.65. The highest BCUT2D eigenvalue weighted by Gasteiger charge is 2.46. The van der Waals surface area contributed by atoms with Crippen molar-refractivity contribution in [3.63, 3.8) is 0 Å². The van der Waals surface area contributed by atoms with E-state index in [-0.39, 0.29) is 30.1 Å². The molecule has 3 amide bonds. The normalized spacial score (nSPS) is 30.3. The van der Waals surface area contributed by atoms with E-state index in [0.29, 0.717) is 6.54 Å². The summed E-state index contributed by atoms with van der Waals surface area (Å²) in [4.78, 5) is 25.6. The van der Waals surface area contributed by atoms with Crippen LogP contribution >= 0.6 is 0 Å². The first-order valence-corrected chi connectivity index (χ1v) is 9.46. The van der Waals surface area contributed by atoms with Gasteiger partial charge in [-0.15, -0.1) is 0 Å². The molecule has 3 heterocycles. The fourth-order valence-corrected chi connectivity index (χ4v) is 4.05. The molecule has 3 fully saturated rings. The molecule has 2 aliphatic heterocycles. The molecular weight excluding hydrogens is 352 g/mol. The molecule has 2 saturated heterocycles. The van der Waals surface area contributed by atoms with Gasteiger partial charge in [0, 0.05) is 24.6 Å². The van der Waals surface area contributed by atoms with E-state index >= 15 is 0 Å². The molecule has 3 aliphatic rings. The van der Waals surface area contributed by atoms with Crippen LogP contribution in [0.25, 0.3) is 0 Å². The van der Waals surface area contributed by atoms with Gasteiger partial charge in [-0.1, -0.05) is 5.16 Å². The SMILES string of the molecule is CC(C)(C)OC(=O)N[C@H]1C[C@@H](c2cc([C@@H]3CC[C@H]4CN3C(=O)N4O)no2)C1. The average Bonchev–Trinajstić information content (AvgIpc) is 3.10. The molecule has 0 aromatic carbocycles. The van der Waals surface area contributed by atoms with Gasteiger partial charge in [0.2, 0.25) is 0 Å². The molecule has 27 heavy (non-hydrogen) atoms. The maximum atomic E-state index is 12.1. The van der Waals surface area contributed by atoms with E-state index < -0.39 is 11.7 Å². The third-order valence-electron chi connectivity index (χ3n) is 5.49. The fraction of sp³-hybridized carbons (Fsp3) is 0.722. The third-order valence-corrected chi connectivity index (χ3v) is 5.49. The second-order valence-corrected chi connectivity index (χ2v) is 8.69. The molecule has 9 nitrogen and oxygen atoms in total. The third kappa shape index (κ3) is 3.47. The Morgan fingerprint density at radius 1 is 1.37 bits per heavy atom. The van der Waals surface area contributed by atoms with Crippen LogP contribution < -0.4 is 5.32 Å². The second kappa shape index (κ2) is 6.40. The predicted molar refractivity (Wildman–Crippen MR) is 93.1 cm³/mol. The summed E-state index contributed by atoms with van der Waals surface area (Å²) in [5.74, 6) is 0.980. The molecule has 1 aromatic rings. The molecule has 0 spiro atoms. The zero-order valence-corrected chi connectivity index (χ0v) is 15.8. The Bertz CT molecular complexity index is 736. The first-order chi connectivity index (χ1) is 12.7. The van der Waals surface area contributed by atoms with Crippen molar-refractivity contribution in [3.8, 4) is 0 Å². The number of hydrogen-bond donors (Lipinski definition) is 2. The number of carbonyl (C=O) groups excluding carboxylic acids is 2. The van der Waals surface area contributed by atoms with Crippen LogP contribution in [0.3, 0.4) is 0 Å². The summed E-state index contributed by atoms with van der Waals surface area (Å²) in [5, 5.41) is 17.7. The Hall–Kier alpha value is -2.29. The van der Waals surface area contributed by atoms with Gasteiger partial charge in [0.1, 0.15) is 17.1 Å². The van der Waals surface area contributed by atoms with Crippen molar-refractivity contribution in [1.82, 2.24) is 20.4 Å². The lowest BCUT2D eigenvalue weighted by atomic mass is 9.78. The highest BCUT2D eigenvalue weighted by Crippen LogP contribution is 2.41. The van der Waals surface area contributed by atoms with Gasteiger partial charge in [-0.2, -0.15) is 0 Å². The number of nitrogens with zero attached hydrogens (tertiary/aromatic N) is 3. The average molecular weight is 378 g/mol. The molecule has 1 saturated carbocycles. The van der Waals surface area contributed by atoms with Crippen molar-refractivity contribution < 1.29 is 24.1 Å². The molecule has 2 bridgehead atoms. The minimum absolute atomic E-state index is 0.0666. The maximum Gasteiger partial charge on any atom is 0.407 e. The molecule has 2 atom stereocenters. The number of amides is 3. The highest BCUT2D eigenvalue weighted by atomic mass is 16.6. The monoisotopic (exact) mass is 378 g/mol. The summed E-state index contributed by atoms with van der Waals surface area (Å²) in [6, 6.07) is 1.34. The van der Waals surface area contributed by atoms with E-state index in [9.17, 15) is 14.8 Å². The van der Waals surface area contributed by atoms with Gasteiger partial charge in [0.05, 0.1) is 12.1 Å². The number of rotatable bonds is 3. The summed E-state index contributed by atoms with van der Waals surface area (Å²) in [6.45, 7) is 6.02. The van der Waals surface area contributed by atoms with Gasteiger partial charge in [0.25, 0.3) is 0 Å². The Morgan fingerprint density at radius 3 is 2.81 bits per heavy atom. The van der Waals surface area contributed by atoms with Crippen LogP contribution in [0, 0.1) is 0 Å². The van der Waals surface area contributed by atoms with Crippen LogP contribution in [0.4, 0.5) is 9.59 Å². The standard InChI is InChI=1S/C18H26N4O5/c1-18(2,3)26-16(23)19-11-6-10(7-11)15-8-13(20-27-15)14-5-4-12-9-21(14)17(24)22(12)25/h8,10-12,14,25H,4-7,9H2,1-3H3,(H,19,23)/t10-,11+,12-,14-/m0/s1. The van der Waals surface area contributed by atoms with Crippen LogP contribution in [0.15, 0.2) is 10.6 Å². The van der Waals surface area contributed by atoms with Crippen molar-refractivity contribution in [3.05, 3.63) is 17.5 Å². The number of ether oxygens (including phenoxy) is 1. The van der Waals surface area contributed by atoms with E-state index in [2.05, 4.69) is 10.5 Å². The topological polar surface area (TPSA) is 108 Å². The highest BCUT2D eigenvalue weighted by molar-refractivity contribution is 5.76. The van der Waals surface area contributed by atoms with Crippen LogP contribution in [-0.4, -0.2) is 56.7 Å². The van der Waals surface area contributed by atoms with E-state index in [0.717, 1.165) is 42.2 Å². The van der Waals surface area contributed by atoms with Gasteiger partial charge in [-0.3, -0.25) is 5.21 Å². The summed E-state index contributed by atoms with van der Waals surface area (Å²) < 4.78 is 10.8. The second-order valence-electron chi connectivity index (χ2n) is 8.69. The van der Waals surface area contributed by atoms with Crippen molar-refractivity contribution in [2.75, 3.05) is 6.54 Å². The lowest BCUT2D eigenvalue weighted by molar-refractivity contribution is -0.0584. The number of hydroxylamine groups is 2. The summed E-state index contributed by atoms with van der Waals surface area (Å²) in [7, 11) is 0. The molecule has 2 N–H and O–H groups in total. The number of carbonyl (C=O) groups is 2. The lowest BCUT2D eigenvalue weighted by Gasteiger charge is -2.34. The molecule has 0 radical (unpaired) electrons. The smallest absolute Gasteiger partial charge is 0.407 e. The molecule has 148 valence electrons. The number of alkyl carbamates (subject to hydrolysis) is 1. The molecule has 9 heteroatoms. The molecule has 1 aliphatic carbocycles. The summed E-state index contributed by atoms with van der Waals surface area (Å²) in [5.41, 5.74) is 0.221. The van der Waals surface area contributed by atoms with E-state index in [1.807, 2.05) is 26.8 Å². The van der Waals surface area contributed by atoms with Gasteiger partial charge in [0.15, 0.2) is 0 Å². The predicted octanol–water partition coefficient (Wildman–Crippen LogP) is 2.78. The van der Waals surface area contributed by atoms with E-state index in [4.69, 9.17) is 9.26 Å². The first-order valence-electron chi connectivity index (χ1n) is 9.46. The quantitative estimate of drug-likeness (QED) is 0.783. The Labute approximate surface area is 157 Å². The van der Waals surface area contributed by atoms with Gasteiger partial charge in [-0.05, 0) is 46.5 Å². The van der Waals surface area contributed by atoms with Crippen molar-refractivity contribution >= 4 is 12.1 Å². The van der Waals surface area contributed by atoms with Crippen molar-refractivity contribution in [2.24, 2.45) is 0 Å². The van der Waals surface area contributed by atoms with Crippen LogP contribution in [-0.2, 0) is 4.74 Å². The summed E-state index contributed by atoms with van der Waals surface area (Å²) >= 11 is 0.